The minimum absolute atomic E-state index is 0.000173. The predicted octanol–water partition coefficient (Wildman–Crippen LogP) is 11.4. The molecule has 0 radical (unpaired) electrons. The molecular formula is C42H32. The average Bonchev–Trinajstić information content (AvgIpc) is 3.39. The summed E-state index contributed by atoms with van der Waals surface area (Å²) < 4.78 is 0. The van der Waals surface area contributed by atoms with Crippen LogP contribution in [0.15, 0.2) is 121 Å². The minimum Gasteiger partial charge on any atom is -0.0619 e. The van der Waals surface area contributed by atoms with Gasteiger partial charge in [-0.2, -0.15) is 0 Å². The molecule has 0 nitrogen and oxygen atoms in total. The van der Waals surface area contributed by atoms with Gasteiger partial charge in [0.05, 0.1) is 0 Å². The predicted molar refractivity (Wildman–Crippen MR) is 180 cm³/mol. The number of rotatable bonds is 1. The Morgan fingerprint density at radius 3 is 1.31 bits per heavy atom. The van der Waals surface area contributed by atoms with E-state index in [4.69, 9.17) is 0 Å². The third kappa shape index (κ3) is 2.97. The zero-order valence-electron chi connectivity index (χ0n) is 24.5. The molecule has 0 saturated carbocycles. The lowest BCUT2D eigenvalue weighted by atomic mass is 9.79. The number of hydrogen-bond acceptors (Lipinski definition) is 0. The van der Waals surface area contributed by atoms with E-state index in [1.54, 1.807) is 0 Å². The number of fused-ring (bicyclic) bond motifs is 12. The Labute approximate surface area is 247 Å². The highest BCUT2D eigenvalue weighted by atomic mass is 14.4. The molecule has 0 aliphatic heterocycles. The van der Waals surface area contributed by atoms with Gasteiger partial charge in [-0.05, 0) is 112 Å². The van der Waals surface area contributed by atoms with Crippen LogP contribution in [0.3, 0.4) is 0 Å². The molecule has 9 rings (SSSR count). The van der Waals surface area contributed by atoms with Gasteiger partial charge in [0.2, 0.25) is 0 Å². The van der Waals surface area contributed by atoms with E-state index < -0.39 is 0 Å². The van der Waals surface area contributed by atoms with E-state index in [-0.39, 0.29) is 10.8 Å². The standard InChI is InChI=1S/C42H32/c1-41(2)37-16-10-9-15-31(37)32-19-17-25(21-38(32)41)26-18-20-33-36-23-34-29-13-7-5-11-27(29)28-12-6-8-14-30(28)35(34)24-40(36)42(3,4)39(33)22-26/h5-24H,1-4H3. The molecule has 2 aliphatic rings. The van der Waals surface area contributed by atoms with E-state index in [0.29, 0.717) is 0 Å². The first-order chi connectivity index (χ1) is 20.3. The van der Waals surface area contributed by atoms with E-state index in [2.05, 4.69) is 149 Å². The summed E-state index contributed by atoms with van der Waals surface area (Å²) >= 11 is 0. The van der Waals surface area contributed by atoms with Crippen LogP contribution in [0.25, 0.3) is 65.7 Å². The van der Waals surface area contributed by atoms with Crippen molar-refractivity contribution in [1.29, 1.82) is 0 Å². The van der Waals surface area contributed by atoms with Crippen LogP contribution in [0, 0.1) is 0 Å². The molecule has 2 aliphatic carbocycles. The fourth-order valence-corrected chi connectivity index (χ4v) is 8.20. The smallest absolute Gasteiger partial charge is 0.0159 e. The normalized spacial score (nSPS) is 15.5. The molecule has 200 valence electrons. The van der Waals surface area contributed by atoms with Crippen molar-refractivity contribution in [1.82, 2.24) is 0 Å². The molecule has 0 heteroatoms. The topological polar surface area (TPSA) is 0 Å². The van der Waals surface area contributed by atoms with Crippen LogP contribution in [-0.2, 0) is 10.8 Å². The molecule has 7 aromatic rings. The first kappa shape index (κ1) is 24.0. The van der Waals surface area contributed by atoms with Crippen molar-refractivity contribution in [3.05, 3.63) is 144 Å². The maximum absolute atomic E-state index is 2.49. The Bertz CT molecular complexity index is 2290. The highest BCUT2D eigenvalue weighted by Gasteiger charge is 2.37. The van der Waals surface area contributed by atoms with E-state index in [0.717, 1.165) is 0 Å². The highest BCUT2D eigenvalue weighted by molar-refractivity contribution is 6.26. The van der Waals surface area contributed by atoms with E-state index >= 15 is 0 Å². The molecule has 7 aromatic carbocycles. The monoisotopic (exact) mass is 536 g/mol. The van der Waals surface area contributed by atoms with E-state index in [1.165, 1.54) is 88.0 Å². The molecule has 0 aromatic heterocycles. The lowest BCUT2D eigenvalue weighted by Gasteiger charge is -2.23. The molecule has 0 N–H and O–H groups in total. The van der Waals surface area contributed by atoms with E-state index in [9.17, 15) is 0 Å². The molecular weight excluding hydrogens is 504 g/mol. The molecule has 0 spiro atoms. The molecule has 42 heavy (non-hydrogen) atoms. The van der Waals surface area contributed by atoms with Crippen molar-refractivity contribution in [2.45, 2.75) is 38.5 Å². The molecule has 0 atom stereocenters. The summed E-state index contributed by atoms with van der Waals surface area (Å²) in [7, 11) is 0. The second-order valence-corrected chi connectivity index (χ2v) is 13.4. The molecule has 0 fully saturated rings. The molecule has 0 heterocycles. The average molecular weight is 537 g/mol. The van der Waals surface area contributed by atoms with Crippen LogP contribution in [0.5, 0.6) is 0 Å². The maximum Gasteiger partial charge on any atom is 0.0159 e. The molecule has 0 saturated heterocycles. The zero-order chi connectivity index (χ0) is 28.4. The fraction of sp³-hybridized carbons (Fsp3) is 0.143. The quantitative estimate of drug-likeness (QED) is 0.183. The van der Waals surface area contributed by atoms with Crippen LogP contribution < -0.4 is 0 Å². The Morgan fingerprint density at radius 2 is 0.714 bits per heavy atom. The van der Waals surface area contributed by atoms with E-state index in [1.807, 2.05) is 0 Å². The van der Waals surface area contributed by atoms with Gasteiger partial charge in [-0.15, -0.1) is 0 Å². The summed E-state index contributed by atoms with van der Waals surface area (Å²) in [6.07, 6.45) is 0. The second-order valence-electron chi connectivity index (χ2n) is 13.4. The van der Waals surface area contributed by atoms with Crippen LogP contribution in [0.1, 0.15) is 49.9 Å². The lowest BCUT2D eigenvalue weighted by molar-refractivity contribution is 0.660. The SMILES string of the molecule is CC1(C)c2ccccc2-c2ccc(-c3ccc4c(c3)C(C)(C)c3cc5c6ccccc6c6ccccc6c5cc3-4)cc21. The molecule has 0 amide bonds. The van der Waals surface area contributed by atoms with Crippen molar-refractivity contribution >= 4 is 32.3 Å². The van der Waals surface area contributed by atoms with Gasteiger partial charge in [0, 0.05) is 10.8 Å². The molecule has 0 unspecified atom stereocenters. The van der Waals surface area contributed by atoms with Crippen molar-refractivity contribution in [2.24, 2.45) is 0 Å². The largest absolute Gasteiger partial charge is 0.0619 e. The maximum atomic E-state index is 2.49. The summed E-state index contributed by atoms with van der Waals surface area (Å²) in [4.78, 5) is 0. The lowest BCUT2D eigenvalue weighted by Crippen LogP contribution is -2.15. The summed E-state index contributed by atoms with van der Waals surface area (Å²) in [5.41, 5.74) is 13.7. The van der Waals surface area contributed by atoms with Crippen molar-refractivity contribution in [3.63, 3.8) is 0 Å². The second kappa shape index (κ2) is 7.99. The molecule has 0 bridgehead atoms. The highest BCUT2D eigenvalue weighted by Crippen LogP contribution is 2.53. The van der Waals surface area contributed by atoms with Gasteiger partial charge in [0.15, 0.2) is 0 Å². The summed E-state index contributed by atoms with van der Waals surface area (Å²) in [6, 6.07) is 45.9. The van der Waals surface area contributed by atoms with Gasteiger partial charge in [-0.25, -0.2) is 0 Å². The number of benzene rings is 7. The van der Waals surface area contributed by atoms with Crippen molar-refractivity contribution in [2.75, 3.05) is 0 Å². The minimum atomic E-state index is -0.0894. The van der Waals surface area contributed by atoms with Crippen molar-refractivity contribution in [3.8, 4) is 33.4 Å². The first-order valence-corrected chi connectivity index (χ1v) is 15.1. The van der Waals surface area contributed by atoms with Crippen molar-refractivity contribution < 1.29 is 0 Å². The fourth-order valence-electron chi connectivity index (χ4n) is 8.20. The van der Waals surface area contributed by atoms with Gasteiger partial charge in [0.25, 0.3) is 0 Å². The zero-order valence-corrected chi connectivity index (χ0v) is 24.5. The van der Waals surface area contributed by atoms with Crippen LogP contribution in [-0.4, -0.2) is 0 Å². The summed E-state index contributed by atoms with van der Waals surface area (Å²) in [5.74, 6) is 0. The number of hydrogen-bond donors (Lipinski definition) is 0. The third-order valence-corrected chi connectivity index (χ3v) is 10.5. The first-order valence-electron chi connectivity index (χ1n) is 15.1. The summed E-state index contributed by atoms with van der Waals surface area (Å²) in [6.45, 7) is 9.53. The Balaban J connectivity index is 1.24. The Kier molecular flexibility index (Phi) is 4.56. The van der Waals surface area contributed by atoms with Gasteiger partial charge in [0.1, 0.15) is 0 Å². The summed E-state index contributed by atoms with van der Waals surface area (Å²) in [5, 5.41) is 8.02. The van der Waals surface area contributed by atoms with Crippen LogP contribution >= 0.6 is 0 Å². The van der Waals surface area contributed by atoms with Crippen LogP contribution in [0.2, 0.25) is 0 Å². The van der Waals surface area contributed by atoms with Gasteiger partial charge in [-0.1, -0.05) is 125 Å². The van der Waals surface area contributed by atoms with Gasteiger partial charge in [-0.3, -0.25) is 0 Å². The van der Waals surface area contributed by atoms with Gasteiger partial charge >= 0.3 is 0 Å². The van der Waals surface area contributed by atoms with Crippen LogP contribution in [0.4, 0.5) is 0 Å². The Morgan fingerprint density at radius 1 is 0.310 bits per heavy atom. The Hall–Kier alpha value is -4.68. The third-order valence-electron chi connectivity index (χ3n) is 10.5. The van der Waals surface area contributed by atoms with Gasteiger partial charge < -0.3 is 0 Å².